The van der Waals surface area contributed by atoms with Gasteiger partial charge in [0.25, 0.3) is 0 Å². The van der Waals surface area contributed by atoms with Crippen molar-refractivity contribution in [1.29, 1.82) is 0 Å². The molecule has 1 amide bonds. The highest BCUT2D eigenvalue weighted by Gasteiger charge is 2.27. The smallest absolute Gasteiger partial charge is 0.223 e. The van der Waals surface area contributed by atoms with E-state index in [4.69, 9.17) is 0 Å². The van der Waals surface area contributed by atoms with Crippen molar-refractivity contribution in [2.75, 3.05) is 26.2 Å². The normalized spacial score (nSPS) is 24.5. The number of likely N-dealkylation sites (tertiary alicyclic amines) is 1. The van der Waals surface area contributed by atoms with Crippen LogP contribution in [0.4, 0.5) is 0 Å². The van der Waals surface area contributed by atoms with Crippen molar-refractivity contribution < 1.29 is 4.79 Å². The van der Waals surface area contributed by atoms with Gasteiger partial charge in [-0.3, -0.25) is 4.79 Å². The fraction of sp³-hybridized carbons (Fsp3) is 0.824. The highest BCUT2D eigenvalue weighted by atomic mass is 16.2. The minimum atomic E-state index is 0.368. The molecule has 0 aromatic carbocycles. The predicted molar refractivity (Wildman–Crippen MR) is 83.6 cm³/mol. The Morgan fingerprint density at radius 1 is 1.20 bits per heavy atom. The third-order valence-electron chi connectivity index (χ3n) is 4.68. The number of amides is 1. The second-order valence-electron chi connectivity index (χ2n) is 6.32. The van der Waals surface area contributed by atoms with Crippen molar-refractivity contribution in [2.45, 2.75) is 58.4 Å². The van der Waals surface area contributed by atoms with Crippen LogP contribution >= 0.6 is 0 Å². The van der Waals surface area contributed by atoms with E-state index >= 15 is 0 Å². The maximum Gasteiger partial charge on any atom is 0.223 e. The molecule has 2 aliphatic rings. The number of piperidine rings is 1. The Hall–Kier alpha value is -0.830. The van der Waals surface area contributed by atoms with Gasteiger partial charge in [-0.05, 0) is 51.2 Å². The van der Waals surface area contributed by atoms with E-state index in [9.17, 15) is 4.79 Å². The molecule has 0 aliphatic carbocycles. The van der Waals surface area contributed by atoms with Gasteiger partial charge in [0.15, 0.2) is 0 Å². The molecule has 1 unspecified atom stereocenters. The molecule has 20 heavy (non-hydrogen) atoms. The highest BCUT2D eigenvalue weighted by Crippen LogP contribution is 2.24. The lowest BCUT2D eigenvalue weighted by atomic mass is 9.92. The molecule has 0 radical (unpaired) electrons. The van der Waals surface area contributed by atoms with Gasteiger partial charge in [0.1, 0.15) is 0 Å². The maximum absolute atomic E-state index is 12.5. The van der Waals surface area contributed by atoms with Crippen LogP contribution in [0.15, 0.2) is 12.2 Å². The molecule has 2 heterocycles. The zero-order valence-electron chi connectivity index (χ0n) is 13.2. The summed E-state index contributed by atoms with van der Waals surface area (Å²) in [6.07, 6.45) is 11.0. The number of carbonyl (C=O) groups is 1. The summed E-state index contributed by atoms with van der Waals surface area (Å²) in [5.41, 5.74) is 0. The second-order valence-corrected chi connectivity index (χ2v) is 6.32. The van der Waals surface area contributed by atoms with E-state index in [-0.39, 0.29) is 0 Å². The maximum atomic E-state index is 12.5. The van der Waals surface area contributed by atoms with Crippen LogP contribution in [-0.2, 0) is 4.79 Å². The minimum absolute atomic E-state index is 0.368. The number of rotatable bonds is 6. The van der Waals surface area contributed by atoms with Gasteiger partial charge in [-0.25, -0.2) is 0 Å². The van der Waals surface area contributed by atoms with E-state index in [1.54, 1.807) is 0 Å². The van der Waals surface area contributed by atoms with E-state index in [0.29, 0.717) is 17.9 Å². The molecule has 0 bridgehead atoms. The SMILES string of the molecule is CCCC1C=CCN1C(=O)CC1CCN(CCC)CC1. The fourth-order valence-electron chi connectivity index (χ4n) is 3.50. The van der Waals surface area contributed by atoms with Gasteiger partial charge in [0, 0.05) is 13.0 Å². The molecule has 1 saturated heterocycles. The van der Waals surface area contributed by atoms with Crippen molar-refractivity contribution in [3.63, 3.8) is 0 Å². The van der Waals surface area contributed by atoms with E-state index in [1.165, 1.54) is 38.9 Å². The molecular weight excluding hydrogens is 248 g/mol. The first-order valence-corrected chi connectivity index (χ1v) is 8.43. The average molecular weight is 278 g/mol. The summed E-state index contributed by atoms with van der Waals surface area (Å²) in [7, 11) is 0. The molecule has 0 saturated carbocycles. The van der Waals surface area contributed by atoms with Crippen LogP contribution in [0.25, 0.3) is 0 Å². The van der Waals surface area contributed by atoms with E-state index < -0.39 is 0 Å². The van der Waals surface area contributed by atoms with Gasteiger partial charge < -0.3 is 9.80 Å². The molecule has 1 fully saturated rings. The lowest BCUT2D eigenvalue weighted by Gasteiger charge is -2.33. The predicted octanol–water partition coefficient (Wildman–Crippen LogP) is 3.07. The fourth-order valence-corrected chi connectivity index (χ4v) is 3.50. The second kappa shape index (κ2) is 7.82. The van der Waals surface area contributed by atoms with Crippen LogP contribution in [0.1, 0.15) is 52.4 Å². The monoisotopic (exact) mass is 278 g/mol. The first-order chi connectivity index (χ1) is 9.74. The van der Waals surface area contributed by atoms with Gasteiger partial charge in [0.05, 0.1) is 6.04 Å². The van der Waals surface area contributed by atoms with Gasteiger partial charge in [-0.2, -0.15) is 0 Å². The Bertz CT molecular complexity index is 332. The summed E-state index contributed by atoms with van der Waals surface area (Å²) in [6.45, 7) is 8.85. The lowest BCUT2D eigenvalue weighted by Crippen LogP contribution is -2.39. The van der Waals surface area contributed by atoms with E-state index in [2.05, 4.69) is 35.8 Å². The number of carbonyl (C=O) groups excluding carboxylic acids is 1. The minimum Gasteiger partial charge on any atom is -0.333 e. The topological polar surface area (TPSA) is 23.6 Å². The Morgan fingerprint density at radius 2 is 1.95 bits per heavy atom. The van der Waals surface area contributed by atoms with Crippen molar-refractivity contribution >= 4 is 5.91 Å². The molecule has 0 N–H and O–H groups in total. The molecule has 3 nitrogen and oxygen atoms in total. The third-order valence-corrected chi connectivity index (χ3v) is 4.68. The summed E-state index contributed by atoms with van der Waals surface area (Å²) in [5.74, 6) is 0.987. The molecule has 2 rings (SSSR count). The highest BCUT2D eigenvalue weighted by molar-refractivity contribution is 5.77. The summed E-state index contributed by atoms with van der Waals surface area (Å²) in [6, 6.07) is 0.368. The standard InChI is InChI=1S/C17H30N2O/c1-3-6-16-7-5-11-19(16)17(20)14-15-8-12-18(10-4-2)13-9-15/h5,7,15-16H,3-4,6,8-14H2,1-2H3. The zero-order chi connectivity index (χ0) is 14.4. The first-order valence-electron chi connectivity index (χ1n) is 8.43. The molecule has 3 heteroatoms. The number of hydrogen-bond donors (Lipinski definition) is 0. The van der Waals surface area contributed by atoms with Crippen LogP contribution < -0.4 is 0 Å². The van der Waals surface area contributed by atoms with Crippen LogP contribution in [0.2, 0.25) is 0 Å². The lowest BCUT2D eigenvalue weighted by molar-refractivity contribution is -0.133. The van der Waals surface area contributed by atoms with Gasteiger partial charge >= 0.3 is 0 Å². The Kier molecular flexibility index (Phi) is 6.08. The molecule has 0 aromatic heterocycles. The first kappa shape index (κ1) is 15.6. The molecule has 2 aliphatic heterocycles. The van der Waals surface area contributed by atoms with Gasteiger partial charge in [0.2, 0.25) is 5.91 Å². The van der Waals surface area contributed by atoms with Gasteiger partial charge in [-0.1, -0.05) is 32.4 Å². The zero-order valence-corrected chi connectivity index (χ0v) is 13.2. The molecule has 0 spiro atoms. The Labute approximate surface area is 124 Å². The van der Waals surface area contributed by atoms with E-state index in [0.717, 1.165) is 25.8 Å². The average Bonchev–Trinajstić information content (AvgIpc) is 2.90. The summed E-state index contributed by atoms with van der Waals surface area (Å²) < 4.78 is 0. The Morgan fingerprint density at radius 3 is 2.60 bits per heavy atom. The third kappa shape index (κ3) is 4.08. The summed E-state index contributed by atoms with van der Waals surface area (Å²) >= 11 is 0. The molecule has 0 aromatic rings. The van der Waals surface area contributed by atoms with Gasteiger partial charge in [-0.15, -0.1) is 0 Å². The van der Waals surface area contributed by atoms with Crippen LogP contribution in [0, 0.1) is 5.92 Å². The van der Waals surface area contributed by atoms with Crippen molar-refractivity contribution in [3.8, 4) is 0 Å². The molecule has 114 valence electrons. The quantitative estimate of drug-likeness (QED) is 0.697. The molecule has 1 atom stereocenters. The van der Waals surface area contributed by atoms with Crippen LogP contribution in [0.5, 0.6) is 0 Å². The summed E-state index contributed by atoms with van der Waals surface area (Å²) in [5, 5.41) is 0. The van der Waals surface area contributed by atoms with Crippen LogP contribution in [-0.4, -0.2) is 47.9 Å². The van der Waals surface area contributed by atoms with Crippen molar-refractivity contribution in [3.05, 3.63) is 12.2 Å². The Balaban J connectivity index is 1.75. The van der Waals surface area contributed by atoms with Crippen molar-refractivity contribution in [2.24, 2.45) is 5.92 Å². The van der Waals surface area contributed by atoms with E-state index in [1.807, 2.05) is 0 Å². The number of nitrogens with zero attached hydrogens (tertiary/aromatic N) is 2. The largest absolute Gasteiger partial charge is 0.333 e. The summed E-state index contributed by atoms with van der Waals surface area (Å²) in [4.78, 5) is 17.1. The number of hydrogen-bond acceptors (Lipinski definition) is 2. The van der Waals surface area contributed by atoms with Crippen molar-refractivity contribution in [1.82, 2.24) is 9.80 Å². The van der Waals surface area contributed by atoms with Crippen LogP contribution in [0.3, 0.4) is 0 Å². The molecular formula is C17H30N2O.